The van der Waals surface area contributed by atoms with Crippen molar-refractivity contribution >= 4 is 19.8 Å². The number of unbranched alkanes of at least 4 members (excludes halogenated alkanes) is 27. The van der Waals surface area contributed by atoms with Crippen LogP contribution in [0.2, 0.25) is 0 Å². The van der Waals surface area contributed by atoms with Crippen molar-refractivity contribution in [3.63, 3.8) is 0 Å². The first-order valence-electron chi connectivity index (χ1n) is 26.9. The monoisotopic (exact) mass is 937 g/mol. The molecule has 0 aromatic rings. The molecule has 65 heavy (non-hydrogen) atoms. The molecule has 0 saturated heterocycles. The summed E-state index contributed by atoms with van der Waals surface area (Å²) < 4.78 is 34.4. The molecule has 0 aromatic carbocycles. The van der Waals surface area contributed by atoms with Crippen molar-refractivity contribution in [3.05, 3.63) is 48.6 Å². The molecule has 0 heterocycles. The van der Waals surface area contributed by atoms with Crippen molar-refractivity contribution in [1.82, 2.24) is 0 Å². The number of likely N-dealkylation sites (N-methyl/N-ethyl adjacent to an activating group) is 1. The average molecular weight is 937 g/mol. The van der Waals surface area contributed by atoms with Crippen molar-refractivity contribution in [2.24, 2.45) is 0 Å². The van der Waals surface area contributed by atoms with Crippen molar-refractivity contribution in [3.8, 4) is 0 Å². The molecule has 0 spiro atoms. The van der Waals surface area contributed by atoms with E-state index in [0.717, 1.165) is 57.8 Å². The number of rotatable bonds is 49. The van der Waals surface area contributed by atoms with Gasteiger partial charge in [-0.15, -0.1) is 0 Å². The molecule has 0 fully saturated rings. The zero-order chi connectivity index (χ0) is 47.8. The van der Waals surface area contributed by atoms with E-state index >= 15 is 0 Å². The molecule has 9 nitrogen and oxygen atoms in total. The van der Waals surface area contributed by atoms with Gasteiger partial charge in [-0.25, -0.2) is 4.57 Å². The molecule has 2 unspecified atom stereocenters. The number of hydrogen-bond acceptors (Lipinski definition) is 7. The molecule has 0 aliphatic rings. The Kier molecular flexibility index (Phi) is 45.6. The van der Waals surface area contributed by atoms with E-state index in [2.05, 4.69) is 62.5 Å². The first-order valence-corrected chi connectivity index (χ1v) is 28.4. The number of ether oxygens (including phenoxy) is 2. The Labute approximate surface area is 401 Å². The lowest BCUT2D eigenvalue weighted by molar-refractivity contribution is -0.870. The minimum absolute atomic E-state index is 0.0234. The van der Waals surface area contributed by atoms with E-state index in [1.54, 1.807) is 0 Å². The average Bonchev–Trinajstić information content (AvgIpc) is 3.26. The minimum atomic E-state index is -4.39. The van der Waals surface area contributed by atoms with Crippen LogP contribution in [0.1, 0.15) is 239 Å². The van der Waals surface area contributed by atoms with Gasteiger partial charge in [0, 0.05) is 12.8 Å². The van der Waals surface area contributed by atoms with E-state index in [1.165, 1.54) is 148 Å². The second kappa shape index (κ2) is 47.1. The van der Waals surface area contributed by atoms with Gasteiger partial charge >= 0.3 is 19.8 Å². The van der Waals surface area contributed by atoms with Crippen LogP contribution in [0.15, 0.2) is 48.6 Å². The summed E-state index contributed by atoms with van der Waals surface area (Å²) in [5.74, 6) is -0.839. The molecular weight excluding hydrogens is 834 g/mol. The summed E-state index contributed by atoms with van der Waals surface area (Å²) in [6.07, 6.45) is 57.6. The molecule has 0 aliphatic carbocycles. The fourth-order valence-corrected chi connectivity index (χ4v) is 8.22. The van der Waals surface area contributed by atoms with Crippen molar-refractivity contribution in [2.75, 3.05) is 47.5 Å². The van der Waals surface area contributed by atoms with Gasteiger partial charge in [-0.3, -0.25) is 18.6 Å². The molecule has 0 saturated carbocycles. The number of phosphoric acid groups is 1. The molecule has 2 atom stereocenters. The highest BCUT2D eigenvalue weighted by molar-refractivity contribution is 7.47. The Morgan fingerprint density at radius 1 is 0.492 bits per heavy atom. The normalized spacial score (nSPS) is 13.8. The van der Waals surface area contributed by atoms with Crippen molar-refractivity contribution in [1.29, 1.82) is 0 Å². The van der Waals surface area contributed by atoms with Gasteiger partial charge in [0.2, 0.25) is 0 Å². The maximum Gasteiger partial charge on any atom is 0.472 e. The van der Waals surface area contributed by atoms with Crippen LogP contribution >= 0.6 is 7.82 Å². The van der Waals surface area contributed by atoms with Gasteiger partial charge in [0.15, 0.2) is 6.10 Å². The quantitative estimate of drug-likeness (QED) is 0.0211. The van der Waals surface area contributed by atoms with Gasteiger partial charge in [0.25, 0.3) is 0 Å². The van der Waals surface area contributed by atoms with Crippen LogP contribution in [0.5, 0.6) is 0 Å². The molecular formula is C55H103NO8P+. The van der Waals surface area contributed by atoms with Crippen LogP contribution in [-0.4, -0.2) is 74.9 Å². The molecule has 1 N–H and O–H groups in total. The van der Waals surface area contributed by atoms with Gasteiger partial charge in [-0.05, 0) is 51.4 Å². The summed E-state index contributed by atoms with van der Waals surface area (Å²) in [7, 11) is 1.45. The van der Waals surface area contributed by atoms with Crippen molar-refractivity contribution in [2.45, 2.75) is 245 Å². The van der Waals surface area contributed by atoms with Crippen molar-refractivity contribution < 1.29 is 42.1 Å². The zero-order valence-corrected chi connectivity index (χ0v) is 43.9. The molecule has 0 aliphatic heterocycles. The standard InChI is InChI=1S/C55H102NO8P/c1-6-8-10-12-14-16-18-20-22-23-24-25-26-27-28-29-30-31-32-34-35-37-39-41-43-45-47-54(57)61-51-53(52-63-65(59,60)62-50-49-56(3,4)5)64-55(58)48-46-44-42-40-38-36-33-21-19-17-15-13-11-9-7-2/h9,11,15,17,21,33,38,40,53H,6-8,10,12-14,16,18-20,22-32,34-37,39,41-52H2,1-5H3/p+1/b11-9-,17-15-,33-21-,40-38-. The van der Waals surface area contributed by atoms with Crippen LogP contribution in [0.3, 0.4) is 0 Å². The number of quaternary nitrogens is 1. The molecule has 0 aromatic heterocycles. The Morgan fingerprint density at radius 3 is 1.31 bits per heavy atom. The van der Waals surface area contributed by atoms with E-state index in [0.29, 0.717) is 17.4 Å². The van der Waals surface area contributed by atoms with Crippen LogP contribution in [-0.2, 0) is 32.7 Å². The second-order valence-corrected chi connectivity index (χ2v) is 20.7. The van der Waals surface area contributed by atoms with Crippen LogP contribution in [0.25, 0.3) is 0 Å². The lowest BCUT2D eigenvalue weighted by atomic mass is 10.0. The van der Waals surface area contributed by atoms with Gasteiger partial charge < -0.3 is 18.9 Å². The number of allylic oxidation sites excluding steroid dienone is 8. The molecule has 0 radical (unpaired) electrons. The van der Waals surface area contributed by atoms with E-state index in [1.807, 2.05) is 21.1 Å². The topological polar surface area (TPSA) is 108 Å². The fraction of sp³-hybridized carbons (Fsp3) is 0.818. The molecule has 380 valence electrons. The predicted octanol–water partition coefficient (Wildman–Crippen LogP) is 16.2. The summed E-state index contributed by atoms with van der Waals surface area (Å²) in [5, 5.41) is 0. The Hall–Kier alpha value is -2.03. The smallest absolute Gasteiger partial charge is 0.462 e. The van der Waals surface area contributed by atoms with Crippen LogP contribution in [0.4, 0.5) is 0 Å². The highest BCUT2D eigenvalue weighted by Gasteiger charge is 2.27. The lowest BCUT2D eigenvalue weighted by Crippen LogP contribution is -2.37. The van der Waals surface area contributed by atoms with E-state index in [4.69, 9.17) is 18.5 Å². The van der Waals surface area contributed by atoms with Gasteiger partial charge in [0.05, 0.1) is 27.7 Å². The number of carbonyl (C=O) groups is 2. The third-order valence-corrected chi connectivity index (χ3v) is 12.6. The highest BCUT2D eigenvalue weighted by atomic mass is 31.2. The summed E-state index contributed by atoms with van der Waals surface area (Å²) in [4.78, 5) is 35.5. The van der Waals surface area contributed by atoms with E-state index < -0.39 is 26.5 Å². The first-order chi connectivity index (χ1) is 31.5. The van der Waals surface area contributed by atoms with E-state index in [-0.39, 0.29) is 32.0 Å². The lowest BCUT2D eigenvalue weighted by Gasteiger charge is -2.24. The maximum absolute atomic E-state index is 12.7. The predicted molar refractivity (Wildman–Crippen MR) is 275 cm³/mol. The van der Waals surface area contributed by atoms with Crippen LogP contribution in [0, 0.1) is 0 Å². The molecule has 10 heteroatoms. The Balaban J connectivity index is 4.15. The summed E-state index contributed by atoms with van der Waals surface area (Å²) in [5.41, 5.74) is 0. The Morgan fingerprint density at radius 2 is 0.877 bits per heavy atom. The Bertz CT molecular complexity index is 1240. The van der Waals surface area contributed by atoms with Gasteiger partial charge in [0.1, 0.15) is 19.8 Å². The number of carbonyl (C=O) groups excluding carboxylic acids is 2. The molecule has 0 rings (SSSR count). The fourth-order valence-electron chi connectivity index (χ4n) is 7.48. The summed E-state index contributed by atoms with van der Waals surface area (Å²) >= 11 is 0. The highest BCUT2D eigenvalue weighted by Crippen LogP contribution is 2.43. The largest absolute Gasteiger partial charge is 0.472 e. The van der Waals surface area contributed by atoms with E-state index in [9.17, 15) is 19.0 Å². The summed E-state index contributed by atoms with van der Waals surface area (Å²) in [6, 6.07) is 0. The van der Waals surface area contributed by atoms with Gasteiger partial charge in [-0.2, -0.15) is 0 Å². The maximum atomic E-state index is 12.7. The summed E-state index contributed by atoms with van der Waals surface area (Å²) in [6.45, 7) is 4.29. The second-order valence-electron chi connectivity index (χ2n) is 19.2. The number of phosphoric ester groups is 1. The molecule has 0 amide bonds. The SMILES string of the molecule is CC/C=C\C/C=C\C/C=C\C/C=C\CCCCC(=O)OC(COC(=O)CCCCCCCCCCCCCCCCCCCCCCCCCCCC)COP(=O)(O)OCC[N+](C)(C)C. The minimum Gasteiger partial charge on any atom is -0.462 e. The third kappa shape index (κ3) is 51.2. The third-order valence-electron chi connectivity index (χ3n) is 11.6. The first kappa shape index (κ1) is 63.0. The zero-order valence-electron chi connectivity index (χ0n) is 43.0. The number of nitrogens with zero attached hydrogens (tertiary/aromatic N) is 1. The van der Waals surface area contributed by atoms with Gasteiger partial charge in [-0.1, -0.05) is 223 Å². The van der Waals surface area contributed by atoms with Crippen LogP contribution < -0.4 is 0 Å². The number of hydrogen-bond donors (Lipinski definition) is 1. The molecule has 0 bridgehead atoms. The number of esters is 2.